The summed E-state index contributed by atoms with van der Waals surface area (Å²) < 4.78 is 5.36. The number of ether oxygens (including phenoxy) is 1. The van der Waals surface area contributed by atoms with E-state index in [1.54, 1.807) is 18.4 Å². The Hall–Kier alpha value is -1.36. The number of nitrogens with two attached hydrogens (primary N) is 1. The molecule has 0 amide bonds. The standard InChI is InChI=1S/C14H18N2OS/c1-9-4-5-11(8-10(9)2)13(16-15)14-12(17-3)6-7-18-14/h4-8,13,16H,15H2,1-3H3. The van der Waals surface area contributed by atoms with Gasteiger partial charge < -0.3 is 4.74 Å². The van der Waals surface area contributed by atoms with Crippen LogP contribution in [-0.2, 0) is 0 Å². The van der Waals surface area contributed by atoms with Crippen LogP contribution in [0.15, 0.2) is 29.6 Å². The fraction of sp³-hybridized carbons (Fsp3) is 0.286. The minimum absolute atomic E-state index is 0.0285. The topological polar surface area (TPSA) is 47.3 Å². The van der Waals surface area contributed by atoms with Crippen LogP contribution in [0.1, 0.15) is 27.6 Å². The van der Waals surface area contributed by atoms with Crippen molar-refractivity contribution in [2.24, 2.45) is 5.84 Å². The zero-order valence-corrected chi connectivity index (χ0v) is 11.7. The van der Waals surface area contributed by atoms with E-state index in [1.807, 2.05) is 11.4 Å². The molecule has 2 rings (SSSR count). The van der Waals surface area contributed by atoms with Gasteiger partial charge in [-0.15, -0.1) is 11.3 Å². The summed E-state index contributed by atoms with van der Waals surface area (Å²) in [6, 6.07) is 8.32. The highest BCUT2D eigenvalue weighted by Crippen LogP contribution is 2.34. The van der Waals surface area contributed by atoms with Gasteiger partial charge in [0.1, 0.15) is 5.75 Å². The van der Waals surface area contributed by atoms with Gasteiger partial charge in [0.2, 0.25) is 0 Å². The predicted octanol–water partition coefficient (Wildman–Crippen LogP) is 2.93. The highest BCUT2D eigenvalue weighted by molar-refractivity contribution is 7.10. The molecule has 0 aliphatic carbocycles. The zero-order chi connectivity index (χ0) is 13.1. The molecule has 96 valence electrons. The maximum Gasteiger partial charge on any atom is 0.134 e. The molecule has 0 aliphatic heterocycles. The molecular weight excluding hydrogens is 244 g/mol. The molecule has 4 heteroatoms. The quantitative estimate of drug-likeness (QED) is 0.658. The van der Waals surface area contributed by atoms with Gasteiger partial charge in [-0.2, -0.15) is 0 Å². The Morgan fingerprint density at radius 1 is 1.22 bits per heavy atom. The summed E-state index contributed by atoms with van der Waals surface area (Å²) >= 11 is 1.64. The van der Waals surface area contributed by atoms with E-state index >= 15 is 0 Å². The SMILES string of the molecule is COc1ccsc1C(NN)c1ccc(C)c(C)c1. The number of hydrogen-bond donors (Lipinski definition) is 2. The number of thiophene rings is 1. The summed E-state index contributed by atoms with van der Waals surface area (Å²) in [5, 5.41) is 2.01. The monoisotopic (exact) mass is 262 g/mol. The van der Waals surface area contributed by atoms with Crippen molar-refractivity contribution in [1.82, 2.24) is 5.43 Å². The van der Waals surface area contributed by atoms with Gasteiger partial charge in [-0.25, -0.2) is 5.43 Å². The second kappa shape index (κ2) is 5.52. The minimum Gasteiger partial charge on any atom is -0.496 e. The van der Waals surface area contributed by atoms with Gasteiger partial charge >= 0.3 is 0 Å². The molecule has 0 fully saturated rings. The molecule has 18 heavy (non-hydrogen) atoms. The lowest BCUT2D eigenvalue weighted by atomic mass is 10.0. The van der Waals surface area contributed by atoms with E-state index in [9.17, 15) is 0 Å². The fourth-order valence-corrected chi connectivity index (χ4v) is 2.90. The molecule has 0 spiro atoms. The summed E-state index contributed by atoms with van der Waals surface area (Å²) in [7, 11) is 1.68. The lowest BCUT2D eigenvalue weighted by Crippen LogP contribution is -2.28. The molecule has 0 bridgehead atoms. The summed E-state index contributed by atoms with van der Waals surface area (Å²) in [5.74, 6) is 6.58. The minimum atomic E-state index is -0.0285. The Labute approximate surface area is 112 Å². The third-order valence-electron chi connectivity index (χ3n) is 3.17. The van der Waals surface area contributed by atoms with E-state index in [2.05, 4.69) is 37.5 Å². The number of hydrogen-bond acceptors (Lipinski definition) is 4. The van der Waals surface area contributed by atoms with Gasteiger partial charge in [-0.1, -0.05) is 18.2 Å². The van der Waals surface area contributed by atoms with E-state index in [0.29, 0.717) is 0 Å². The van der Waals surface area contributed by atoms with Crippen LogP contribution in [0.4, 0.5) is 0 Å². The normalized spacial score (nSPS) is 12.4. The Morgan fingerprint density at radius 3 is 2.61 bits per heavy atom. The van der Waals surface area contributed by atoms with Crippen LogP contribution in [0.2, 0.25) is 0 Å². The molecule has 0 saturated carbocycles. The van der Waals surface area contributed by atoms with Gasteiger partial charge in [0.25, 0.3) is 0 Å². The summed E-state index contributed by atoms with van der Waals surface area (Å²) in [6.07, 6.45) is 0. The molecule has 3 nitrogen and oxygen atoms in total. The molecule has 0 radical (unpaired) electrons. The van der Waals surface area contributed by atoms with Gasteiger partial charge in [0.15, 0.2) is 0 Å². The van der Waals surface area contributed by atoms with Crippen molar-refractivity contribution in [1.29, 1.82) is 0 Å². The van der Waals surface area contributed by atoms with Crippen molar-refractivity contribution < 1.29 is 4.74 Å². The van der Waals surface area contributed by atoms with E-state index in [0.717, 1.165) is 16.2 Å². The van der Waals surface area contributed by atoms with Crippen molar-refractivity contribution in [3.8, 4) is 5.75 Å². The lowest BCUT2D eigenvalue weighted by Gasteiger charge is -2.17. The third kappa shape index (κ3) is 2.41. The van der Waals surface area contributed by atoms with Crippen molar-refractivity contribution >= 4 is 11.3 Å². The predicted molar refractivity (Wildman–Crippen MR) is 76.0 cm³/mol. The molecular formula is C14H18N2OS. The van der Waals surface area contributed by atoms with Gasteiger partial charge in [0.05, 0.1) is 18.0 Å². The molecule has 1 unspecified atom stereocenters. The first-order valence-electron chi connectivity index (χ1n) is 5.82. The molecule has 0 aliphatic rings. The molecule has 0 saturated heterocycles. The molecule has 1 aromatic carbocycles. The first-order valence-corrected chi connectivity index (χ1v) is 6.70. The second-order valence-corrected chi connectivity index (χ2v) is 5.24. The van der Waals surface area contributed by atoms with E-state index < -0.39 is 0 Å². The first kappa shape index (κ1) is 13.1. The number of hydrazine groups is 1. The number of aryl methyl sites for hydroxylation is 2. The Morgan fingerprint density at radius 2 is 2.00 bits per heavy atom. The average molecular weight is 262 g/mol. The molecule has 3 N–H and O–H groups in total. The van der Waals surface area contributed by atoms with Crippen LogP contribution in [-0.4, -0.2) is 7.11 Å². The largest absolute Gasteiger partial charge is 0.496 e. The Kier molecular flexibility index (Phi) is 4.01. The molecule has 1 atom stereocenters. The van der Waals surface area contributed by atoms with E-state index in [-0.39, 0.29) is 6.04 Å². The van der Waals surface area contributed by atoms with Crippen LogP contribution in [0.25, 0.3) is 0 Å². The van der Waals surface area contributed by atoms with Crippen molar-refractivity contribution in [2.45, 2.75) is 19.9 Å². The molecule has 2 aromatic rings. The highest BCUT2D eigenvalue weighted by Gasteiger charge is 2.18. The lowest BCUT2D eigenvalue weighted by molar-refractivity contribution is 0.408. The summed E-state index contributed by atoms with van der Waals surface area (Å²) in [4.78, 5) is 1.10. The smallest absolute Gasteiger partial charge is 0.134 e. The summed E-state index contributed by atoms with van der Waals surface area (Å²) in [5.41, 5.74) is 6.58. The van der Waals surface area contributed by atoms with Crippen LogP contribution in [0.5, 0.6) is 5.75 Å². The first-order chi connectivity index (χ1) is 8.67. The maximum absolute atomic E-state index is 5.71. The van der Waals surface area contributed by atoms with Gasteiger partial charge in [0, 0.05) is 0 Å². The van der Waals surface area contributed by atoms with Crippen LogP contribution in [0.3, 0.4) is 0 Å². The molecule has 1 heterocycles. The van der Waals surface area contributed by atoms with Crippen molar-refractivity contribution in [2.75, 3.05) is 7.11 Å². The maximum atomic E-state index is 5.71. The van der Waals surface area contributed by atoms with E-state index in [1.165, 1.54) is 11.1 Å². The van der Waals surface area contributed by atoms with Crippen molar-refractivity contribution in [3.05, 3.63) is 51.2 Å². The van der Waals surface area contributed by atoms with Crippen LogP contribution < -0.4 is 16.0 Å². The Balaban J connectivity index is 2.42. The summed E-state index contributed by atoms with van der Waals surface area (Å²) in [6.45, 7) is 4.22. The third-order valence-corrected chi connectivity index (χ3v) is 4.13. The zero-order valence-electron chi connectivity index (χ0n) is 10.9. The average Bonchev–Trinajstić information content (AvgIpc) is 2.83. The number of methoxy groups -OCH3 is 1. The van der Waals surface area contributed by atoms with E-state index in [4.69, 9.17) is 10.6 Å². The number of rotatable bonds is 4. The number of nitrogens with one attached hydrogen (secondary N) is 1. The number of benzene rings is 1. The second-order valence-electron chi connectivity index (χ2n) is 4.30. The van der Waals surface area contributed by atoms with Crippen molar-refractivity contribution in [3.63, 3.8) is 0 Å². The van der Waals surface area contributed by atoms with Gasteiger partial charge in [-0.3, -0.25) is 5.84 Å². The van der Waals surface area contributed by atoms with Crippen LogP contribution in [0, 0.1) is 13.8 Å². The van der Waals surface area contributed by atoms with Gasteiger partial charge in [-0.05, 0) is 42.0 Å². The Bertz CT molecular complexity index is 536. The van der Waals surface area contributed by atoms with Crippen LogP contribution >= 0.6 is 11.3 Å². The highest BCUT2D eigenvalue weighted by atomic mass is 32.1. The molecule has 1 aromatic heterocycles. The fourth-order valence-electron chi connectivity index (χ4n) is 1.96.